The zero-order valence-electron chi connectivity index (χ0n) is 13.5. The molecule has 1 fully saturated rings. The van der Waals surface area contributed by atoms with Crippen molar-refractivity contribution in [3.8, 4) is 0 Å². The molecule has 1 saturated carbocycles. The van der Waals surface area contributed by atoms with Crippen LogP contribution >= 0.6 is 0 Å². The normalized spacial score (nSPS) is 23.0. The van der Waals surface area contributed by atoms with E-state index >= 15 is 0 Å². The second-order valence-electron chi connectivity index (χ2n) is 6.30. The van der Waals surface area contributed by atoms with Gasteiger partial charge in [0.2, 0.25) is 0 Å². The van der Waals surface area contributed by atoms with Crippen LogP contribution in [0.2, 0.25) is 0 Å². The van der Waals surface area contributed by atoms with Crippen molar-refractivity contribution in [1.82, 2.24) is 15.3 Å². The van der Waals surface area contributed by atoms with Gasteiger partial charge in [-0.2, -0.15) is 0 Å². The maximum Gasteiger partial charge on any atom is 0.131 e. The van der Waals surface area contributed by atoms with Gasteiger partial charge in [-0.3, -0.25) is 0 Å². The Morgan fingerprint density at radius 2 is 1.85 bits per heavy atom. The van der Waals surface area contributed by atoms with Crippen LogP contribution in [0.15, 0.2) is 0 Å². The molecule has 2 rings (SSSR count). The summed E-state index contributed by atoms with van der Waals surface area (Å²) in [4.78, 5) is 9.66. The molecule has 1 aromatic rings. The van der Waals surface area contributed by atoms with Crippen molar-refractivity contribution in [2.45, 2.75) is 65.7 Å². The maximum absolute atomic E-state index is 4.83. The number of hydrogen-bond acceptors (Lipinski definition) is 3. The monoisotopic (exact) mass is 275 g/mol. The Morgan fingerprint density at radius 1 is 1.15 bits per heavy atom. The van der Waals surface area contributed by atoms with Crippen LogP contribution in [0.3, 0.4) is 0 Å². The van der Waals surface area contributed by atoms with E-state index in [0.717, 1.165) is 31.3 Å². The first kappa shape index (κ1) is 15.4. The van der Waals surface area contributed by atoms with E-state index in [0.29, 0.717) is 5.92 Å². The standard InChI is InChI=1S/C17H29N3/c1-5-18-10-9-16-13(3)19-17(20-14(16)4)15-8-6-7-12(2)11-15/h12,15,18H,5-11H2,1-4H3. The summed E-state index contributed by atoms with van der Waals surface area (Å²) in [5.41, 5.74) is 3.70. The lowest BCUT2D eigenvalue weighted by Gasteiger charge is -2.26. The van der Waals surface area contributed by atoms with Gasteiger partial charge in [0.05, 0.1) is 0 Å². The van der Waals surface area contributed by atoms with Crippen LogP contribution in [0.5, 0.6) is 0 Å². The number of likely N-dealkylation sites (N-methyl/N-ethyl adjacent to an activating group) is 1. The number of aromatic nitrogens is 2. The maximum atomic E-state index is 4.83. The Balaban J connectivity index is 2.12. The Morgan fingerprint density at radius 3 is 2.45 bits per heavy atom. The smallest absolute Gasteiger partial charge is 0.131 e. The molecule has 2 atom stereocenters. The molecule has 3 heteroatoms. The zero-order chi connectivity index (χ0) is 14.5. The summed E-state index contributed by atoms with van der Waals surface area (Å²) in [5, 5.41) is 3.38. The minimum Gasteiger partial charge on any atom is -0.317 e. The van der Waals surface area contributed by atoms with Crippen molar-refractivity contribution in [3.63, 3.8) is 0 Å². The first-order chi connectivity index (χ1) is 9.61. The fourth-order valence-electron chi connectivity index (χ4n) is 3.37. The zero-order valence-corrected chi connectivity index (χ0v) is 13.5. The van der Waals surface area contributed by atoms with Crippen LogP contribution in [-0.4, -0.2) is 23.1 Å². The molecule has 1 aliphatic rings. The van der Waals surface area contributed by atoms with Crippen molar-refractivity contribution >= 4 is 0 Å². The highest BCUT2D eigenvalue weighted by molar-refractivity contribution is 5.25. The van der Waals surface area contributed by atoms with Gasteiger partial charge in [0.15, 0.2) is 0 Å². The number of aryl methyl sites for hydroxylation is 2. The quantitative estimate of drug-likeness (QED) is 0.835. The van der Waals surface area contributed by atoms with Crippen LogP contribution in [0, 0.1) is 19.8 Å². The van der Waals surface area contributed by atoms with E-state index in [9.17, 15) is 0 Å². The second-order valence-corrected chi connectivity index (χ2v) is 6.30. The summed E-state index contributed by atoms with van der Waals surface area (Å²) in [6.07, 6.45) is 6.26. The highest BCUT2D eigenvalue weighted by Crippen LogP contribution is 2.34. The Hall–Kier alpha value is -0.960. The average molecular weight is 275 g/mol. The van der Waals surface area contributed by atoms with Crippen LogP contribution in [0.25, 0.3) is 0 Å². The average Bonchev–Trinajstić information content (AvgIpc) is 2.41. The molecule has 0 aromatic carbocycles. The summed E-state index contributed by atoms with van der Waals surface area (Å²) < 4.78 is 0. The largest absolute Gasteiger partial charge is 0.317 e. The number of nitrogens with one attached hydrogen (secondary N) is 1. The number of rotatable bonds is 5. The van der Waals surface area contributed by atoms with Gasteiger partial charge >= 0.3 is 0 Å². The minimum absolute atomic E-state index is 0.582. The van der Waals surface area contributed by atoms with Gasteiger partial charge in [0.25, 0.3) is 0 Å². The fraction of sp³-hybridized carbons (Fsp3) is 0.765. The molecule has 0 radical (unpaired) electrons. The number of nitrogens with zero attached hydrogens (tertiary/aromatic N) is 2. The Labute approximate surface area is 123 Å². The third-order valence-electron chi connectivity index (χ3n) is 4.54. The van der Waals surface area contributed by atoms with Gasteiger partial charge in [0.1, 0.15) is 5.82 Å². The van der Waals surface area contributed by atoms with Crippen molar-refractivity contribution in [2.75, 3.05) is 13.1 Å². The molecule has 112 valence electrons. The molecule has 1 heterocycles. The van der Waals surface area contributed by atoms with Crippen LogP contribution in [-0.2, 0) is 6.42 Å². The van der Waals surface area contributed by atoms with Crippen molar-refractivity contribution in [1.29, 1.82) is 0 Å². The molecule has 0 saturated heterocycles. The second kappa shape index (κ2) is 7.16. The topological polar surface area (TPSA) is 37.8 Å². The van der Waals surface area contributed by atoms with Gasteiger partial charge < -0.3 is 5.32 Å². The molecule has 1 aromatic heterocycles. The van der Waals surface area contributed by atoms with E-state index < -0.39 is 0 Å². The molecule has 3 nitrogen and oxygen atoms in total. The molecule has 0 spiro atoms. The van der Waals surface area contributed by atoms with Gasteiger partial charge in [0, 0.05) is 17.3 Å². The van der Waals surface area contributed by atoms with Crippen molar-refractivity contribution in [2.24, 2.45) is 5.92 Å². The number of hydrogen-bond donors (Lipinski definition) is 1. The van der Waals surface area contributed by atoms with E-state index in [1.807, 2.05) is 0 Å². The molecule has 1 aliphatic carbocycles. The van der Waals surface area contributed by atoms with E-state index in [-0.39, 0.29) is 0 Å². The predicted octanol–water partition coefficient (Wildman–Crippen LogP) is 3.54. The highest BCUT2D eigenvalue weighted by Gasteiger charge is 2.23. The summed E-state index contributed by atoms with van der Waals surface area (Å²) >= 11 is 0. The third-order valence-corrected chi connectivity index (χ3v) is 4.54. The third kappa shape index (κ3) is 3.78. The van der Waals surface area contributed by atoms with Gasteiger partial charge in [-0.15, -0.1) is 0 Å². The van der Waals surface area contributed by atoms with Crippen LogP contribution < -0.4 is 5.32 Å². The molecular formula is C17H29N3. The van der Waals surface area contributed by atoms with Crippen molar-refractivity contribution in [3.05, 3.63) is 22.8 Å². The lowest BCUT2D eigenvalue weighted by molar-refractivity contribution is 0.334. The first-order valence-corrected chi connectivity index (χ1v) is 8.16. The van der Waals surface area contributed by atoms with E-state index in [2.05, 4.69) is 33.0 Å². The summed E-state index contributed by atoms with van der Waals surface area (Å²) in [6.45, 7) is 10.8. The molecule has 1 N–H and O–H groups in total. The van der Waals surface area contributed by atoms with Gasteiger partial charge in [-0.25, -0.2) is 9.97 Å². The molecule has 2 unspecified atom stereocenters. The van der Waals surface area contributed by atoms with Gasteiger partial charge in [-0.05, 0) is 57.7 Å². The first-order valence-electron chi connectivity index (χ1n) is 8.16. The summed E-state index contributed by atoms with van der Waals surface area (Å²) in [5.74, 6) is 2.50. The molecule has 0 bridgehead atoms. The molecule has 0 amide bonds. The van der Waals surface area contributed by atoms with Crippen LogP contribution in [0.4, 0.5) is 0 Å². The molecule has 20 heavy (non-hydrogen) atoms. The molecular weight excluding hydrogens is 246 g/mol. The highest BCUT2D eigenvalue weighted by atomic mass is 14.9. The van der Waals surface area contributed by atoms with E-state index in [1.165, 1.54) is 42.6 Å². The lowest BCUT2D eigenvalue weighted by Crippen LogP contribution is -2.19. The van der Waals surface area contributed by atoms with Crippen LogP contribution in [0.1, 0.15) is 68.2 Å². The van der Waals surface area contributed by atoms with E-state index in [1.54, 1.807) is 0 Å². The predicted molar refractivity (Wildman–Crippen MR) is 84.1 cm³/mol. The van der Waals surface area contributed by atoms with Gasteiger partial charge in [-0.1, -0.05) is 26.7 Å². The SMILES string of the molecule is CCNCCc1c(C)nc(C2CCCC(C)C2)nc1C. The molecule has 0 aliphatic heterocycles. The Bertz CT molecular complexity index is 419. The summed E-state index contributed by atoms with van der Waals surface area (Å²) in [6, 6.07) is 0. The summed E-state index contributed by atoms with van der Waals surface area (Å²) in [7, 11) is 0. The minimum atomic E-state index is 0.582. The van der Waals surface area contributed by atoms with E-state index in [4.69, 9.17) is 9.97 Å². The fourth-order valence-corrected chi connectivity index (χ4v) is 3.37. The lowest BCUT2D eigenvalue weighted by atomic mass is 9.82. The van der Waals surface area contributed by atoms with Crippen molar-refractivity contribution < 1.29 is 0 Å². The Kier molecular flexibility index (Phi) is 5.53.